The van der Waals surface area contributed by atoms with E-state index >= 15 is 0 Å². The average molecular weight is 381 g/mol. The zero-order chi connectivity index (χ0) is 19.6. The number of methoxy groups -OCH3 is 1. The van der Waals surface area contributed by atoms with Crippen LogP contribution in [0, 0.1) is 0 Å². The molecule has 27 heavy (non-hydrogen) atoms. The van der Waals surface area contributed by atoms with E-state index in [-0.39, 0.29) is 5.91 Å². The molecule has 1 aromatic carbocycles. The van der Waals surface area contributed by atoms with Gasteiger partial charge in [0.2, 0.25) is 5.91 Å². The minimum atomic E-state index is 0.0702. The third-order valence-electron chi connectivity index (χ3n) is 4.21. The van der Waals surface area contributed by atoms with Crippen molar-refractivity contribution in [2.75, 3.05) is 46.6 Å². The highest BCUT2D eigenvalue weighted by Gasteiger charge is 2.02. The number of rotatable bonds is 17. The highest BCUT2D eigenvalue weighted by Crippen LogP contribution is 2.13. The average Bonchev–Trinajstić information content (AvgIpc) is 2.69. The first kappa shape index (κ1) is 23.4. The molecule has 0 aliphatic heterocycles. The molecule has 0 aliphatic carbocycles. The number of hydrogen-bond donors (Lipinski definition) is 2. The van der Waals surface area contributed by atoms with Gasteiger partial charge in [-0.2, -0.15) is 0 Å². The predicted octanol–water partition coefficient (Wildman–Crippen LogP) is 2.69. The molecule has 0 bridgehead atoms. The van der Waals surface area contributed by atoms with Gasteiger partial charge in [0.05, 0.1) is 26.9 Å². The third kappa shape index (κ3) is 13.2. The lowest BCUT2D eigenvalue weighted by molar-refractivity contribution is -0.121. The fourth-order valence-electron chi connectivity index (χ4n) is 2.62. The second kappa shape index (κ2) is 16.5. The molecular weight excluding hydrogens is 344 g/mol. The number of nitrogens with one attached hydrogen (secondary N) is 1. The third-order valence-corrected chi connectivity index (χ3v) is 4.21. The van der Waals surface area contributed by atoms with Crippen molar-refractivity contribution >= 4 is 5.91 Å². The van der Waals surface area contributed by atoms with Gasteiger partial charge in [-0.15, -0.1) is 0 Å². The maximum absolute atomic E-state index is 11.8. The molecule has 0 atom stereocenters. The molecule has 1 aromatic rings. The molecule has 0 fully saturated rings. The van der Waals surface area contributed by atoms with Crippen LogP contribution in [0.5, 0.6) is 5.75 Å². The summed E-state index contributed by atoms with van der Waals surface area (Å²) >= 11 is 0. The Balaban J connectivity index is 1.87. The Morgan fingerprint density at radius 2 is 1.63 bits per heavy atom. The Bertz CT molecular complexity index is 480. The van der Waals surface area contributed by atoms with E-state index in [2.05, 4.69) is 5.32 Å². The quantitative estimate of drug-likeness (QED) is 0.406. The molecule has 0 spiro atoms. The van der Waals surface area contributed by atoms with E-state index < -0.39 is 0 Å². The fourth-order valence-corrected chi connectivity index (χ4v) is 2.62. The predicted molar refractivity (Wildman–Crippen MR) is 108 cm³/mol. The van der Waals surface area contributed by atoms with Crippen molar-refractivity contribution in [1.29, 1.82) is 0 Å². The van der Waals surface area contributed by atoms with Gasteiger partial charge in [0.25, 0.3) is 0 Å². The Morgan fingerprint density at radius 3 is 2.33 bits per heavy atom. The lowest BCUT2D eigenvalue weighted by Crippen LogP contribution is -2.27. The Hall–Kier alpha value is -1.63. The summed E-state index contributed by atoms with van der Waals surface area (Å²) in [4.78, 5) is 11.8. The lowest BCUT2D eigenvalue weighted by Gasteiger charge is -2.08. The van der Waals surface area contributed by atoms with Crippen molar-refractivity contribution in [2.24, 2.45) is 5.73 Å². The van der Waals surface area contributed by atoms with Crippen molar-refractivity contribution in [3.63, 3.8) is 0 Å². The van der Waals surface area contributed by atoms with Crippen LogP contribution in [-0.4, -0.2) is 52.5 Å². The molecule has 0 radical (unpaired) electrons. The van der Waals surface area contributed by atoms with Gasteiger partial charge in [0.15, 0.2) is 0 Å². The minimum absolute atomic E-state index is 0.0702. The first-order valence-electron chi connectivity index (χ1n) is 10.0. The summed E-state index contributed by atoms with van der Waals surface area (Å²) in [5.74, 6) is 0.922. The van der Waals surface area contributed by atoms with E-state index in [4.69, 9.17) is 19.9 Å². The molecule has 0 saturated heterocycles. The van der Waals surface area contributed by atoms with Gasteiger partial charge in [0.1, 0.15) is 5.75 Å². The number of unbranched alkanes of at least 4 members (excludes halogenated alkanes) is 3. The van der Waals surface area contributed by atoms with Gasteiger partial charge in [-0.05, 0) is 49.9 Å². The normalized spacial score (nSPS) is 10.7. The van der Waals surface area contributed by atoms with Crippen LogP contribution in [-0.2, 0) is 20.7 Å². The molecule has 1 rings (SSSR count). The molecule has 154 valence electrons. The highest BCUT2D eigenvalue weighted by atomic mass is 16.5. The fraction of sp³-hybridized carbons (Fsp3) is 0.667. The van der Waals surface area contributed by atoms with Crippen molar-refractivity contribution < 1.29 is 19.0 Å². The molecule has 0 aromatic heterocycles. The van der Waals surface area contributed by atoms with E-state index in [1.807, 2.05) is 24.3 Å². The van der Waals surface area contributed by atoms with Crippen LogP contribution in [0.2, 0.25) is 0 Å². The number of hydrogen-bond acceptors (Lipinski definition) is 5. The standard InChI is InChI=1S/C21H36N2O4/c1-25-20-11-9-19(10-12-20)7-6-8-21(24)23-14-16-27-18-17-26-15-5-3-2-4-13-22/h9-12H,2-8,13-18,22H2,1H3,(H,23,24). The number of carbonyl (C=O) groups excluding carboxylic acids is 1. The monoisotopic (exact) mass is 380 g/mol. The van der Waals surface area contributed by atoms with Crippen LogP contribution >= 0.6 is 0 Å². The number of nitrogens with two attached hydrogens (primary N) is 1. The Morgan fingerprint density at radius 1 is 0.926 bits per heavy atom. The summed E-state index contributed by atoms with van der Waals surface area (Å²) in [7, 11) is 1.65. The second-order valence-electron chi connectivity index (χ2n) is 6.48. The summed E-state index contributed by atoms with van der Waals surface area (Å²) in [6.45, 7) is 3.78. The maximum atomic E-state index is 11.8. The molecule has 0 unspecified atom stereocenters. The molecular formula is C21H36N2O4. The SMILES string of the molecule is COc1ccc(CCCC(=O)NCCOCCOCCCCCCN)cc1. The number of ether oxygens (including phenoxy) is 3. The topological polar surface area (TPSA) is 82.8 Å². The van der Waals surface area contributed by atoms with Crippen molar-refractivity contribution in [3.8, 4) is 5.75 Å². The van der Waals surface area contributed by atoms with Crippen LogP contribution < -0.4 is 15.8 Å². The zero-order valence-corrected chi connectivity index (χ0v) is 16.7. The van der Waals surface area contributed by atoms with Crippen LogP contribution in [0.15, 0.2) is 24.3 Å². The number of aryl methyl sites for hydroxylation is 1. The first-order valence-corrected chi connectivity index (χ1v) is 10.0. The molecule has 0 aliphatic rings. The van der Waals surface area contributed by atoms with E-state index in [9.17, 15) is 4.79 Å². The summed E-state index contributed by atoms with van der Waals surface area (Å²) in [5, 5.41) is 2.88. The minimum Gasteiger partial charge on any atom is -0.497 e. The van der Waals surface area contributed by atoms with E-state index in [1.54, 1.807) is 7.11 Å². The number of amides is 1. The number of benzene rings is 1. The van der Waals surface area contributed by atoms with Crippen LogP contribution in [0.3, 0.4) is 0 Å². The first-order chi connectivity index (χ1) is 13.3. The summed E-state index contributed by atoms with van der Waals surface area (Å²) < 4.78 is 16.1. The van der Waals surface area contributed by atoms with Crippen LogP contribution in [0.4, 0.5) is 0 Å². The summed E-state index contributed by atoms with van der Waals surface area (Å²) in [6.07, 6.45) is 6.76. The summed E-state index contributed by atoms with van der Waals surface area (Å²) in [6, 6.07) is 7.95. The van der Waals surface area contributed by atoms with Gasteiger partial charge in [-0.3, -0.25) is 4.79 Å². The van der Waals surface area contributed by atoms with E-state index in [1.165, 1.54) is 18.4 Å². The van der Waals surface area contributed by atoms with Gasteiger partial charge in [-0.1, -0.05) is 25.0 Å². The van der Waals surface area contributed by atoms with Gasteiger partial charge in [-0.25, -0.2) is 0 Å². The zero-order valence-electron chi connectivity index (χ0n) is 16.7. The van der Waals surface area contributed by atoms with Crippen LogP contribution in [0.1, 0.15) is 44.1 Å². The molecule has 1 amide bonds. The molecule has 6 heteroatoms. The lowest BCUT2D eigenvalue weighted by atomic mass is 10.1. The molecule has 0 heterocycles. The Kier molecular flexibility index (Phi) is 14.3. The maximum Gasteiger partial charge on any atom is 0.220 e. The Labute approximate surface area is 163 Å². The molecule has 6 nitrogen and oxygen atoms in total. The van der Waals surface area contributed by atoms with Gasteiger partial charge < -0.3 is 25.3 Å². The van der Waals surface area contributed by atoms with Gasteiger partial charge in [0, 0.05) is 19.6 Å². The molecule has 0 saturated carbocycles. The summed E-state index contributed by atoms with van der Waals surface area (Å²) in [5.41, 5.74) is 6.66. The van der Waals surface area contributed by atoms with Crippen molar-refractivity contribution in [1.82, 2.24) is 5.32 Å². The highest BCUT2D eigenvalue weighted by molar-refractivity contribution is 5.75. The smallest absolute Gasteiger partial charge is 0.220 e. The number of carbonyl (C=O) groups is 1. The largest absolute Gasteiger partial charge is 0.497 e. The second-order valence-corrected chi connectivity index (χ2v) is 6.48. The van der Waals surface area contributed by atoms with Crippen molar-refractivity contribution in [2.45, 2.75) is 44.9 Å². The van der Waals surface area contributed by atoms with Crippen LogP contribution in [0.25, 0.3) is 0 Å². The van der Waals surface area contributed by atoms with E-state index in [0.29, 0.717) is 32.8 Å². The van der Waals surface area contributed by atoms with Crippen molar-refractivity contribution in [3.05, 3.63) is 29.8 Å². The van der Waals surface area contributed by atoms with E-state index in [0.717, 1.165) is 44.6 Å². The molecule has 3 N–H and O–H groups in total. The van der Waals surface area contributed by atoms with Gasteiger partial charge >= 0.3 is 0 Å².